The van der Waals surface area contributed by atoms with E-state index < -0.39 is 0 Å². The summed E-state index contributed by atoms with van der Waals surface area (Å²) in [5, 5.41) is 11.3. The lowest BCUT2D eigenvalue weighted by Gasteiger charge is -2.08. The van der Waals surface area contributed by atoms with E-state index in [1.807, 2.05) is 48.1 Å². The highest BCUT2D eigenvalue weighted by Crippen LogP contribution is 2.26. The molecule has 1 aromatic carbocycles. The summed E-state index contributed by atoms with van der Waals surface area (Å²) in [6.45, 7) is 1.99. The van der Waals surface area contributed by atoms with Gasteiger partial charge in [-0.25, -0.2) is 9.97 Å². The summed E-state index contributed by atoms with van der Waals surface area (Å²) in [7, 11) is 0. The van der Waals surface area contributed by atoms with Crippen LogP contribution >= 0.6 is 0 Å². The van der Waals surface area contributed by atoms with Gasteiger partial charge in [-0.2, -0.15) is 5.10 Å². The number of hydrogen-bond acceptors (Lipinski definition) is 5. The summed E-state index contributed by atoms with van der Waals surface area (Å²) in [4.78, 5) is 13.5. The summed E-state index contributed by atoms with van der Waals surface area (Å²) < 4.78 is 1.99. The molecule has 4 aromatic heterocycles. The van der Waals surface area contributed by atoms with Gasteiger partial charge >= 0.3 is 0 Å². The van der Waals surface area contributed by atoms with Gasteiger partial charge in [0, 0.05) is 40.9 Å². The Hall–Kier alpha value is -3.74. The maximum absolute atomic E-state index is 4.54. The van der Waals surface area contributed by atoms with E-state index in [-0.39, 0.29) is 0 Å². The first kappa shape index (κ1) is 14.6. The number of nitrogens with zero attached hydrogens (tertiary/aromatic N) is 5. The van der Waals surface area contributed by atoms with Gasteiger partial charge in [0.1, 0.15) is 0 Å². The molecule has 0 fully saturated rings. The van der Waals surface area contributed by atoms with Crippen LogP contribution in [-0.4, -0.2) is 29.5 Å². The van der Waals surface area contributed by atoms with Crippen LogP contribution in [0.4, 0.5) is 11.5 Å². The number of fused-ring (bicyclic) bond motifs is 2. The lowest BCUT2D eigenvalue weighted by molar-refractivity contribution is 1.09. The van der Waals surface area contributed by atoms with Gasteiger partial charge in [0.15, 0.2) is 11.5 Å². The maximum Gasteiger partial charge on any atom is 0.180 e. The molecule has 126 valence electrons. The molecule has 0 aliphatic carbocycles. The highest BCUT2D eigenvalue weighted by molar-refractivity contribution is 5.84. The molecule has 0 saturated heterocycles. The fraction of sp³-hybridized carbons (Fsp3) is 0.0526. The molecule has 0 unspecified atom stereocenters. The van der Waals surface area contributed by atoms with Crippen LogP contribution in [0.5, 0.6) is 0 Å². The summed E-state index contributed by atoms with van der Waals surface area (Å²) in [6, 6.07) is 10.2. The fourth-order valence-electron chi connectivity index (χ4n) is 3.05. The smallest absolute Gasteiger partial charge is 0.180 e. The number of imidazole rings is 1. The topological polar surface area (TPSA) is 83.8 Å². The summed E-state index contributed by atoms with van der Waals surface area (Å²) in [5.41, 5.74) is 5.61. The number of benzene rings is 1. The van der Waals surface area contributed by atoms with Crippen molar-refractivity contribution in [2.24, 2.45) is 0 Å². The van der Waals surface area contributed by atoms with Crippen molar-refractivity contribution in [1.29, 1.82) is 0 Å². The van der Waals surface area contributed by atoms with Crippen LogP contribution in [0.25, 0.3) is 27.8 Å². The Kier molecular flexibility index (Phi) is 3.18. The third-order valence-electron chi connectivity index (χ3n) is 4.31. The van der Waals surface area contributed by atoms with Gasteiger partial charge in [-0.3, -0.25) is 14.5 Å². The zero-order valence-corrected chi connectivity index (χ0v) is 14.0. The fourth-order valence-corrected chi connectivity index (χ4v) is 3.05. The van der Waals surface area contributed by atoms with E-state index in [0.29, 0.717) is 5.82 Å². The first-order valence-electron chi connectivity index (χ1n) is 8.23. The molecule has 0 spiro atoms. The molecule has 2 N–H and O–H groups in total. The van der Waals surface area contributed by atoms with Gasteiger partial charge < -0.3 is 5.32 Å². The zero-order chi connectivity index (χ0) is 17.5. The van der Waals surface area contributed by atoms with Crippen LogP contribution in [0, 0.1) is 6.92 Å². The molecule has 0 atom stereocenters. The van der Waals surface area contributed by atoms with Crippen molar-refractivity contribution in [3.8, 4) is 11.3 Å². The van der Waals surface area contributed by atoms with Gasteiger partial charge in [-0.05, 0) is 31.2 Å². The van der Waals surface area contributed by atoms with Crippen molar-refractivity contribution in [1.82, 2.24) is 29.5 Å². The Morgan fingerprint density at radius 1 is 1.08 bits per heavy atom. The number of pyridine rings is 1. The van der Waals surface area contributed by atoms with Gasteiger partial charge in [0.2, 0.25) is 0 Å². The largest absolute Gasteiger partial charge is 0.337 e. The first-order chi connectivity index (χ1) is 12.8. The van der Waals surface area contributed by atoms with Crippen molar-refractivity contribution in [3.05, 3.63) is 67.0 Å². The van der Waals surface area contributed by atoms with Crippen molar-refractivity contribution in [2.45, 2.75) is 6.92 Å². The molecule has 0 aliphatic rings. The molecule has 0 aliphatic heterocycles. The minimum absolute atomic E-state index is 0.696. The quantitative estimate of drug-likeness (QED) is 0.522. The average Bonchev–Trinajstić information content (AvgIpc) is 3.31. The van der Waals surface area contributed by atoms with Gasteiger partial charge in [-0.1, -0.05) is 6.07 Å². The molecule has 5 rings (SSSR count). The van der Waals surface area contributed by atoms with Crippen LogP contribution in [0.1, 0.15) is 5.69 Å². The van der Waals surface area contributed by atoms with E-state index in [9.17, 15) is 0 Å². The molecule has 4 heterocycles. The highest BCUT2D eigenvalue weighted by Gasteiger charge is 2.11. The second-order valence-electron chi connectivity index (χ2n) is 6.08. The Bertz CT molecular complexity index is 1220. The molecule has 26 heavy (non-hydrogen) atoms. The van der Waals surface area contributed by atoms with Crippen molar-refractivity contribution < 1.29 is 0 Å². The second kappa shape index (κ2) is 5.66. The SMILES string of the molecule is Cc1ccc2cc(Nc3nccn4c(-c5cn[nH]c5)cnc34)ccc2n1. The van der Waals surface area contributed by atoms with E-state index in [1.165, 1.54) is 0 Å². The van der Waals surface area contributed by atoms with E-state index in [4.69, 9.17) is 0 Å². The molecular formula is C19H15N7. The standard InChI is InChI=1S/C19H15N7/c1-12-2-3-13-8-15(4-5-16(13)24-12)25-18-19-21-11-17(14-9-22-23-10-14)26(19)7-6-20-18/h2-11H,1H3,(H,20,25)(H,22,23). The van der Waals surface area contributed by atoms with Crippen LogP contribution < -0.4 is 5.32 Å². The Labute approximate surface area is 148 Å². The monoisotopic (exact) mass is 341 g/mol. The summed E-state index contributed by atoms with van der Waals surface area (Å²) in [5.74, 6) is 0.696. The lowest BCUT2D eigenvalue weighted by atomic mass is 10.2. The number of hydrogen-bond donors (Lipinski definition) is 2. The summed E-state index contributed by atoms with van der Waals surface area (Å²) in [6.07, 6.45) is 9.08. The molecule has 0 bridgehead atoms. The average molecular weight is 341 g/mol. The van der Waals surface area contributed by atoms with Crippen molar-refractivity contribution in [3.63, 3.8) is 0 Å². The van der Waals surface area contributed by atoms with E-state index in [1.54, 1.807) is 12.4 Å². The Balaban J connectivity index is 1.56. The van der Waals surface area contributed by atoms with Crippen LogP contribution in [0.15, 0.2) is 61.3 Å². The van der Waals surface area contributed by atoms with Crippen LogP contribution in [0.3, 0.4) is 0 Å². The molecule has 0 saturated carbocycles. The number of aromatic amines is 1. The normalized spacial score (nSPS) is 11.3. The number of rotatable bonds is 3. The first-order valence-corrected chi connectivity index (χ1v) is 8.23. The number of aromatic nitrogens is 6. The lowest BCUT2D eigenvalue weighted by Crippen LogP contribution is -1.98. The van der Waals surface area contributed by atoms with E-state index in [2.05, 4.69) is 42.6 Å². The number of H-pyrrole nitrogens is 1. The number of anilines is 2. The Morgan fingerprint density at radius 3 is 2.92 bits per heavy atom. The maximum atomic E-state index is 4.54. The highest BCUT2D eigenvalue weighted by atomic mass is 15.1. The minimum Gasteiger partial charge on any atom is -0.337 e. The van der Waals surface area contributed by atoms with Gasteiger partial charge in [0.25, 0.3) is 0 Å². The molecular weight excluding hydrogens is 326 g/mol. The second-order valence-corrected chi connectivity index (χ2v) is 6.08. The van der Waals surface area contributed by atoms with Gasteiger partial charge in [-0.15, -0.1) is 0 Å². The third kappa shape index (κ3) is 2.37. The number of aryl methyl sites for hydroxylation is 1. The van der Waals surface area contributed by atoms with E-state index in [0.717, 1.165) is 39.2 Å². The van der Waals surface area contributed by atoms with E-state index >= 15 is 0 Å². The number of nitrogens with one attached hydrogen (secondary N) is 2. The van der Waals surface area contributed by atoms with Crippen molar-refractivity contribution >= 4 is 28.1 Å². The molecule has 0 amide bonds. The molecule has 0 radical (unpaired) electrons. The third-order valence-corrected chi connectivity index (χ3v) is 4.31. The van der Waals surface area contributed by atoms with Crippen LogP contribution in [-0.2, 0) is 0 Å². The summed E-state index contributed by atoms with van der Waals surface area (Å²) >= 11 is 0. The zero-order valence-electron chi connectivity index (χ0n) is 14.0. The molecule has 7 nitrogen and oxygen atoms in total. The predicted molar refractivity (Wildman–Crippen MR) is 100 cm³/mol. The minimum atomic E-state index is 0.696. The molecule has 7 heteroatoms. The van der Waals surface area contributed by atoms with Gasteiger partial charge in [0.05, 0.1) is 23.6 Å². The Morgan fingerprint density at radius 2 is 2.04 bits per heavy atom. The van der Waals surface area contributed by atoms with Crippen LogP contribution in [0.2, 0.25) is 0 Å². The molecule has 5 aromatic rings. The van der Waals surface area contributed by atoms with Crippen molar-refractivity contribution in [2.75, 3.05) is 5.32 Å². The predicted octanol–water partition coefficient (Wildman–Crippen LogP) is 3.72.